The van der Waals surface area contributed by atoms with Gasteiger partial charge < -0.3 is 13.7 Å². The Balaban J connectivity index is 2.29. The van der Waals surface area contributed by atoms with Crippen molar-refractivity contribution < 1.29 is 18.0 Å². The van der Waals surface area contributed by atoms with Gasteiger partial charge in [0.25, 0.3) is 5.24 Å². The molecule has 0 aliphatic heterocycles. The van der Waals surface area contributed by atoms with Gasteiger partial charge in [-0.25, -0.2) is 0 Å². The van der Waals surface area contributed by atoms with Crippen LogP contribution in [0.3, 0.4) is 0 Å². The van der Waals surface area contributed by atoms with Crippen molar-refractivity contribution in [3.8, 4) is 0 Å². The first kappa shape index (κ1) is 16.0. The van der Waals surface area contributed by atoms with Crippen molar-refractivity contribution in [3.63, 3.8) is 0 Å². The van der Waals surface area contributed by atoms with Crippen LogP contribution in [0.15, 0.2) is 34.9 Å². The largest absolute Gasteiger partial charge is 0.755 e. The van der Waals surface area contributed by atoms with Gasteiger partial charge in [-0.05, 0) is 47.9 Å². The maximum Gasteiger partial charge on any atom is 0.252 e. The topological polar surface area (TPSA) is 82.4 Å². The first-order valence-corrected chi connectivity index (χ1v) is 7.71. The van der Waals surface area contributed by atoms with Gasteiger partial charge in [0, 0.05) is 23.3 Å². The average Bonchev–Trinajstić information content (AvgIpc) is 2.91. The van der Waals surface area contributed by atoms with Crippen LogP contribution < -0.4 is 4.72 Å². The summed E-state index contributed by atoms with van der Waals surface area (Å²) < 4.78 is 28.7. The summed E-state index contributed by atoms with van der Waals surface area (Å²) >= 11 is 9.00. The van der Waals surface area contributed by atoms with Crippen molar-refractivity contribution in [2.75, 3.05) is 4.72 Å². The lowest BCUT2D eigenvalue weighted by Gasteiger charge is -2.14. The Hall–Kier alpha value is -1.34. The van der Waals surface area contributed by atoms with Gasteiger partial charge in [-0.1, -0.05) is 11.6 Å². The van der Waals surface area contributed by atoms with Crippen molar-refractivity contribution in [2.45, 2.75) is 12.8 Å². The highest BCUT2D eigenvalue weighted by Gasteiger charge is 2.14. The first-order valence-electron chi connectivity index (χ1n) is 5.88. The monoisotopic (exact) mass is 346 g/mol. The van der Waals surface area contributed by atoms with Gasteiger partial charge in [0.15, 0.2) is 0 Å². The van der Waals surface area contributed by atoms with Crippen LogP contribution in [0.25, 0.3) is 0 Å². The van der Waals surface area contributed by atoms with E-state index < -0.39 is 16.5 Å². The molecule has 1 aromatic carbocycles. The van der Waals surface area contributed by atoms with E-state index in [-0.39, 0.29) is 16.3 Å². The third-order valence-electron chi connectivity index (χ3n) is 2.82. The van der Waals surface area contributed by atoms with Crippen molar-refractivity contribution in [2.24, 2.45) is 0 Å². The second-order valence-corrected chi connectivity index (χ2v) is 5.60. The Labute approximate surface area is 133 Å². The molecule has 1 aromatic heterocycles. The number of carbonyl (C=O) groups is 1. The molecular formula is C13H10Cl2NO4S-. The van der Waals surface area contributed by atoms with Gasteiger partial charge >= 0.3 is 0 Å². The smallest absolute Gasteiger partial charge is 0.252 e. The predicted molar refractivity (Wildman–Crippen MR) is 80.3 cm³/mol. The van der Waals surface area contributed by atoms with Crippen molar-refractivity contribution in [1.29, 1.82) is 0 Å². The fourth-order valence-corrected chi connectivity index (χ4v) is 2.70. The highest BCUT2D eigenvalue weighted by Crippen LogP contribution is 2.28. The summed E-state index contributed by atoms with van der Waals surface area (Å²) in [7, 11) is 0. The number of nitrogens with one attached hydrogen (secondary N) is 1. The molecule has 0 fully saturated rings. The molecule has 0 saturated heterocycles. The molecule has 0 bridgehead atoms. The zero-order chi connectivity index (χ0) is 15.4. The van der Waals surface area contributed by atoms with Crippen LogP contribution >= 0.6 is 23.2 Å². The lowest BCUT2D eigenvalue weighted by molar-refractivity contribution is 0.108. The number of anilines is 1. The van der Waals surface area contributed by atoms with E-state index in [2.05, 4.69) is 4.72 Å². The number of hydrogen-bond acceptors (Lipinski definition) is 4. The molecule has 0 spiro atoms. The van der Waals surface area contributed by atoms with Crippen LogP contribution in [0.1, 0.15) is 21.7 Å². The summed E-state index contributed by atoms with van der Waals surface area (Å²) in [5.74, 6) is 0.766. The molecule has 0 aliphatic carbocycles. The molecule has 0 saturated carbocycles. The molecule has 0 aliphatic rings. The average molecular weight is 347 g/mol. The standard InChI is InChI=1S/C13H11Cl2NO4S/c14-11-6-8(3-4-9-2-1-5-20-9)10(13(15)17)7-12(11)16-21(18)19/h1-2,5-7,16H,3-4H2,(H,18,19)/p-1. The maximum absolute atomic E-state index is 11.5. The lowest BCUT2D eigenvalue weighted by Crippen LogP contribution is -2.06. The van der Waals surface area contributed by atoms with E-state index in [1.54, 1.807) is 12.3 Å². The van der Waals surface area contributed by atoms with Crippen LogP contribution in [0.4, 0.5) is 5.69 Å². The summed E-state index contributed by atoms with van der Waals surface area (Å²) in [6.45, 7) is 0. The summed E-state index contributed by atoms with van der Waals surface area (Å²) in [5, 5.41) is -0.490. The normalized spacial score (nSPS) is 12.1. The Kier molecular flexibility index (Phi) is 5.41. The molecule has 1 unspecified atom stereocenters. The van der Waals surface area contributed by atoms with E-state index in [0.29, 0.717) is 18.4 Å². The highest BCUT2D eigenvalue weighted by molar-refractivity contribution is 7.80. The number of aryl methyl sites for hydroxylation is 2. The highest BCUT2D eigenvalue weighted by atomic mass is 35.5. The molecule has 1 heterocycles. The lowest BCUT2D eigenvalue weighted by atomic mass is 10.0. The molecule has 0 amide bonds. The minimum atomic E-state index is -2.54. The van der Waals surface area contributed by atoms with E-state index in [1.807, 2.05) is 6.07 Å². The summed E-state index contributed by atoms with van der Waals surface area (Å²) in [5.41, 5.74) is 0.940. The molecule has 2 aromatic rings. The van der Waals surface area contributed by atoms with Crippen LogP contribution in [0.5, 0.6) is 0 Å². The van der Waals surface area contributed by atoms with E-state index in [4.69, 9.17) is 27.6 Å². The SMILES string of the molecule is O=C(Cl)c1cc(NS(=O)[O-])c(Cl)cc1CCc1ccco1. The van der Waals surface area contributed by atoms with Gasteiger partial charge in [-0.3, -0.25) is 9.00 Å². The minimum Gasteiger partial charge on any atom is -0.755 e. The molecular weight excluding hydrogens is 337 g/mol. The van der Waals surface area contributed by atoms with Crippen LogP contribution in [0.2, 0.25) is 5.02 Å². The third kappa shape index (κ3) is 4.31. The Morgan fingerprint density at radius 3 is 2.71 bits per heavy atom. The molecule has 1 atom stereocenters. The fraction of sp³-hybridized carbons (Fsp3) is 0.154. The van der Waals surface area contributed by atoms with E-state index in [1.165, 1.54) is 12.1 Å². The maximum atomic E-state index is 11.5. The van der Waals surface area contributed by atoms with E-state index >= 15 is 0 Å². The summed E-state index contributed by atoms with van der Waals surface area (Å²) in [4.78, 5) is 11.5. The number of carbonyl (C=O) groups excluding carboxylic acids is 1. The third-order valence-corrected chi connectivity index (χ3v) is 3.72. The van der Waals surface area contributed by atoms with Gasteiger partial charge in [0.1, 0.15) is 5.76 Å². The van der Waals surface area contributed by atoms with Crippen molar-refractivity contribution in [3.05, 3.63) is 52.4 Å². The Morgan fingerprint density at radius 2 is 2.14 bits per heavy atom. The molecule has 1 N–H and O–H groups in total. The Bertz CT molecular complexity index is 673. The Morgan fingerprint density at radius 1 is 1.38 bits per heavy atom. The van der Waals surface area contributed by atoms with Gasteiger partial charge in [-0.2, -0.15) is 0 Å². The second-order valence-electron chi connectivity index (χ2n) is 4.18. The van der Waals surface area contributed by atoms with E-state index in [9.17, 15) is 13.6 Å². The minimum absolute atomic E-state index is 0.107. The van der Waals surface area contributed by atoms with Crippen molar-refractivity contribution >= 4 is 45.4 Å². The number of rotatable bonds is 6. The molecule has 2 rings (SSSR count). The number of hydrogen-bond donors (Lipinski definition) is 1. The van der Waals surface area contributed by atoms with Crippen molar-refractivity contribution in [1.82, 2.24) is 0 Å². The molecule has 5 nitrogen and oxygen atoms in total. The summed E-state index contributed by atoms with van der Waals surface area (Å²) in [6.07, 6.45) is 2.62. The zero-order valence-electron chi connectivity index (χ0n) is 10.6. The second kappa shape index (κ2) is 7.09. The predicted octanol–water partition coefficient (Wildman–Crippen LogP) is 3.30. The van der Waals surface area contributed by atoms with Gasteiger partial charge in [0.2, 0.25) is 0 Å². The van der Waals surface area contributed by atoms with Gasteiger partial charge in [0.05, 0.1) is 17.0 Å². The quantitative estimate of drug-likeness (QED) is 0.642. The zero-order valence-corrected chi connectivity index (χ0v) is 12.9. The van der Waals surface area contributed by atoms with E-state index in [0.717, 1.165) is 5.76 Å². The number of furan rings is 1. The molecule has 112 valence electrons. The molecule has 0 radical (unpaired) electrons. The molecule has 21 heavy (non-hydrogen) atoms. The van der Waals surface area contributed by atoms with Gasteiger partial charge in [-0.15, -0.1) is 0 Å². The van der Waals surface area contributed by atoms with Crippen LogP contribution in [0, 0.1) is 0 Å². The summed E-state index contributed by atoms with van der Waals surface area (Å²) in [6, 6.07) is 6.44. The first-order chi connectivity index (χ1) is 9.97. The number of halogens is 2. The van der Waals surface area contributed by atoms with Crippen LogP contribution in [-0.2, 0) is 24.1 Å². The molecule has 8 heteroatoms. The number of benzene rings is 1. The fourth-order valence-electron chi connectivity index (χ4n) is 1.88. The van der Waals surface area contributed by atoms with Crippen LogP contribution in [-0.4, -0.2) is 14.0 Å².